The minimum Gasteiger partial charge on any atom is -0.462 e. The van der Waals surface area contributed by atoms with Gasteiger partial charge in [-0.1, -0.05) is 248 Å². The summed E-state index contributed by atoms with van der Waals surface area (Å²) in [7, 11) is -4.38. The molecule has 0 aromatic heterocycles. The molecule has 0 aliphatic heterocycles. The van der Waals surface area contributed by atoms with Gasteiger partial charge in [-0.2, -0.15) is 0 Å². The Balaban J connectivity index is 3.82. The Kier molecular flexibility index (Phi) is 54.2. The summed E-state index contributed by atoms with van der Waals surface area (Å²) in [6.07, 6.45) is 70.1. The van der Waals surface area contributed by atoms with Crippen LogP contribution in [-0.2, 0) is 32.7 Å². The molecular weight excluding hydrogens is 894 g/mol. The van der Waals surface area contributed by atoms with Crippen LogP contribution in [0.2, 0.25) is 0 Å². The average Bonchev–Trinajstić information content (AvgIpc) is 3.35. The molecule has 9 nitrogen and oxygen atoms in total. The average molecular weight is 1000 g/mol. The predicted molar refractivity (Wildman–Crippen MR) is 298 cm³/mol. The summed E-state index contributed by atoms with van der Waals surface area (Å²) in [5, 5.41) is 0. The van der Waals surface area contributed by atoms with Gasteiger partial charge >= 0.3 is 19.8 Å². The van der Waals surface area contributed by atoms with Crippen LogP contribution in [0.4, 0.5) is 0 Å². The van der Waals surface area contributed by atoms with E-state index in [9.17, 15) is 19.0 Å². The first-order valence-corrected chi connectivity index (χ1v) is 30.8. The molecule has 0 saturated heterocycles. The first kappa shape index (κ1) is 67.7. The van der Waals surface area contributed by atoms with E-state index in [-0.39, 0.29) is 38.6 Å². The van der Waals surface area contributed by atoms with Crippen LogP contribution in [0.1, 0.15) is 277 Å². The van der Waals surface area contributed by atoms with Gasteiger partial charge in [-0.25, -0.2) is 4.57 Å². The van der Waals surface area contributed by atoms with Crippen LogP contribution in [0.3, 0.4) is 0 Å². The monoisotopic (exact) mass is 1000 g/mol. The molecule has 2 unspecified atom stereocenters. The smallest absolute Gasteiger partial charge is 0.462 e. The third kappa shape index (κ3) is 55.0. The Morgan fingerprint density at radius 1 is 0.443 bits per heavy atom. The number of hydrogen-bond donors (Lipinski definition) is 2. The number of phosphoric ester groups is 1. The van der Waals surface area contributed by atoms with E-state index < -0.39 is 26.5 Å². The Labute approximate surface area is 431 Å². The van der Waals surface area contributed by atoms with Gasteiger partial charge in [-0.3, -0.25) is 18.6 Å². The highest BCUT2D eigenvalue weighted by Gasteiger charge is 2.26. The predicted octanol–water partition coefficient (Wildman–Crippen LogP) is 18.3. The van der Waals surface area contributed by atoms with Crippen molar-refractivity contribution >= 4 is 19.8 Å². The van der Waals surface area contributed by atoms with E-state index in [1.165, 1.54) is 167 Å². The van der Waals surface area contributed by atoms with Gasteiger partial charge < -0.3 is 20.1 Å². The fourth-order valence-electron chi connectivity index (χ4n) is 8.33. The number of carbonyl (C=O) groups excluding carboxylic acids is 2. The third-order valence-corrected chi connectivity index (χ3v) is 13.6. The summed E-state index contributed by atoms with van der Waals surface area (Å²) >= 11 is 0. The van der Waals surface area contributed by atoms with Crippen LogP contribution in [0.25, 0.3) is 0 Å². The maximum atomic E-state index is 12.7. The molecule has 3 N–H and O–H groups in total. The molecule has 2 atom stereocenters. The van der Waals surface area contributed by atoms with Crippen molar-refractivity contribution < 1.29 is 37.6 Å². The zero-order chi connectivity index (χ0) is 51.0. The lowest BCUT2D eigenvalue weighted by Crippen LogP contribution is -2.29. The van der Waals surface area contributed by atoms with Crippen molar-refractivity contribution in [1.82, 2.24) is 0 Å². The van der Waals surface area contributed by atoms with Gasteiger partial charge in [0.25, 0.3) is 0 Å². The number of nitrogens with two attached hydrogens (primary N) is 1. The number of esters is 2. The number of rotatable bonds is 55. The number of carbonyl (C=O) groups is 2. The van der Waals surface area contributed by atoms with Crippen LogP contribution in [-0.4, -0.2) is 49.3 Å². The molecule has 0 amide bonds. The molecule has 0 aromatic carbocycles. The van der Waals surface area contributed by atoms with Crippen LogP contribution in [0.15, 0.2) is 60.8 Å². The third-order valence-electron chi connectivity index (χ3n) is 12.6. The lowest BCUT2D eigenvalue weighted by Gasteiger charge is -2.19. The molecule has 0 radical (unpaired) electrons. The summed E-state index contributed by atoms with van der Waals surface area (Å²) in [6, 6.07) is 0. The van der Waals surface area contributed by atoms with E-state index >= 15 is 0 Å². The van der Waals surface area contributed by atoms with E-state index in [0.29, 0.717) is 6.42 Å². The van der Waals surface area contributed by atoms with Crippen LogP contribution < -0.4 is 5.73 Å². The first-order valence-electron chi connectivity index (χ1n) is 29.3. The number of allylic oxidation sites excluding steroid dienone is 10. The highest BCUT2D eigenvalue weighted by Crippen LogP contribution is 2.43. The SMILES string of the molecule is CC/C=C\C/C=C\C/C=C\C/C=C\CCCCCCCCCCCCCCCCCCCCCCCCC(=O)OC(COC(=O)CCCCCCC/C=C\CCCCCCC)COP(=O)(O)OCCN. The van der Waals surface area contributed by atoms with Crippen LogP contribution >= 0.6 is 7.82 Å². The molecule has 0 aliphatic carbocycles. The lowest BCUT2D eigenvalue weighted by atomic mass is 10.0. The first-order chi connectivity index (χ1) is 34.3. The number of hydrogen-bond acceptors (Lipinski definition) is 8. The Bertz CT molecular complexity index is 1330. The fourth-order valence-corrected chi connectivity index (χ4v) is 9.09. The van der Waals surface area contributed by atoms with Crippen molar-refractivity contribution in [3.05, 3.63) is 60.8 Å². The minimum atomic E-state index is -4.38. The maximum Gasteiger partial charge on any atom is 0.472 e. The van der Waals surface area contributed by atoms with Gasteiger partial charge in [0.15, 0.2) is 6.10 Å². The zero-order valence-corrected chi connectivity index (χ0v) is 46.4. The Hall–Kier alpha value is -2.29. The summed E-state index contributed by atoms with van der Waals surface area (Å²) < 4.78 is 33.0. The molecular formula is C60H110NO8P. The van der Waals surface area contributed by atoms with E-state index in [4.69, 9.17) is 24.3 Å². The van der Waals surface area contributed by atoms with Crippen molar-refractivity contribution in [2.75, 3.05) is 26.4 Å². The normalized spacial score (nSPS) is 13.5. The van der Waals surface area contributed by atoms with Crippen molar-refractivity contribution in [2.45, 2.75) is 283 Å². The van der Waals surface area contributed by atoms with Crippen molar-refractivity contribution in [3.63, 3.8) is 0 Å². The second-order valence-electron chi connectivity index (χ2n) is 19.5. The molecule has 0 fully saturated rings. The minimum absolute atomic E-state index is 0.0529. The van der Waals surface area contributed by atoms with E-state index in [0.717, 1.165) is 77.0 Å². The Morgan fingerprint density at radius 3 is 1.19 bits per heavy atom. The van der Waals surface area contributed by atoms with E-state index in [1.807, 2.05) is 0 Å². The van der Waals surface area contributed by atoms with Crippen molar-refractivity contribution in [2.24, 2.45) is 5.73 Å². The molecule has 10 heteroatoms. The van der Waals surface area contributed by atoms with Gasteiger partial charge in [0.05, 0.1) is 13.2 Å². The number of ether oxygens (including phenoxy) is 2. The highest BCUT2D eigenvalue weighted by atomic mass is 31.2. The quantitative estimate of drug-likeness (QED) is 0.0264. The van der Waals surface area contributed by atoms with Gasteiger partial charge in [0.2, 0.25) is 0 Å². The van der Waals surface area contributed by atoms with Gasteiger partial charge in [0.1, 0.15) is 6.61 Å². The van der Waals surface area contributed by atoms with Crippen LogP contribution in [0.5, 0.6) is 0 Å². The fraction of sp³-hybridized carbons (Fsp3) is 0.800. The van der Waals surface area contributed by atoms with Crippen LogP contribution in [0, 0.1) is 0 Å². The summed E-state index contributed by atoms with van der Waals surface area (Å²) in [6.45, 7) is 3.64. The summed E-state index contributed by atoms with van der Waals surface area (Å²) in [5.74, 6) is -0.828. The van der Waals surface area contributed by atoms with Crippen molar-refractivity contribution in [1.29, 1.82) is 0 Å². The largest absolute Gasteiger partial charge is 0.472 e. The number of unbranched alkanes of at least 4 members (excludes halogenated alkanes) is 32. The topological polar surface area (TPSA) is 134 Å². The second-order valence-corrected chi connectivity index (χ2v) is 20.9. The molecule has 0 aromatic rings. The zero-order valence-electron chi connectivity index (χ0n) is 45.5. The molecule has 0 saturated carbocycles. The molecule has 408 valence electrons. The highest BCUT2D eigenvalue weighted by molar-refractivity contribution is 7.47. The maximum absolute atomic E-state index is 12.7. The lowest BCUT2D eigenvalue weighted by molar-refractivity contribution is -0.161. The summed E-state index contributed by atoms with van der Waals surface area (Å²) in [5.41, 5.74) is 5.37. The molecule has 0 spiro atoms. The van der Waals surface area contributed by atoms with E-state index in [1.54, 1.807) is 0 Å². The summed E-state index contributed by atoms with van der Waals surface area (Å²) in [4.78, 5) is 35.1. The van der Waals surface area contributed by atoms with Crippen molar-refractivity contribution in [3.8, 4) is 0 Å². The van der Waals surface area contributed by atoms with Gasteiger partial charge in [-0.05, 0) is 77.0 Å². The Morgan fingerprint density at radius 2 is 0.786 bits per heavy atom. The molecule has 0 aliphatic rings. The van der Waals surface area contributed by atoms with E-state index in [2.05, 4.69) is 74.6 Å². The van der Waals surface area contributed by atoms with Gasteiger partial charge in [0, 0.05) is 19.4 Å². The molecule has 0 rings (SSSR count). The molecule has 0 heterocycles. The second kappa shape index (κ2) is 56.0. The standard InChI is InChI=1S/C60H110NO8P/c1-3-5-7-9-11-13-15-17-19-20-21-22-23-24-25-26-27-28-29-30-31-32-33-34-35-36-37-38-39-41-43-45-47-49-51-53-60(63)69-58(57-68-70(64,65)67-55-54-61)56-66-59(62)52-50-48-46-44-42-40-18-16-14-12-10-8-6-4-2/h5,7,11,13,16-19,21-22,58H,3-4,6,8-10,12,14-15,20,23-57,61H2,1-2H3,(H,64,65)/b7-5-,13-11-,18-16-,19-17-,22-21-. The van der Waals surface area contributed by atoms with Gasteiger partial charge in [-0.15, -0.1) is 0 Å². The number of phosphoric acid groups is 1. The molecule has 70 heavy (non-hydrogen) atoms. The molecule has 0 bridgehead atoms.